The van der Waals surface area contributed by atoms with Crippen molar-refractivity contribution in [3.8, 4) is 0 Å². The first-order valence-corrected chi connectivity index (χ1v) is 11.9. The molecule has 2 saturated carbocycles. The van der Waals surface area contributed by atoms with Gasteiger partial charge in [0, 0.05) is 12.1 Å². The number of amides is 2. The maximum atomic E-state index is 13.5. The molecule has 29 heavy (non-hydrogen) atoms. The van der Waals surface area contributed by atoms with Crippen molar-refractivity contribution in [3.63, 3.8) is 0 Å². The van der Waals surface area contributed by atoms with Crippen molar-refractivity contribution < 1.29 is 9.59 Å². The van der Waals surface area contributed by atoms with Crippen molar-refractivity contribution in [1.82, 2.24) is 10.2 Å². The molecule has 1 N–H and O–H groups in total. The van der Waals surface area contributed by atoms with Gasteiger partial charge in [0.1, 0.15) is 11.9 Å². The summed E-state index contributed by atoms with van der Waals surface area (Å²) in [5, 5.41) is 3.24. The molecule has 2 fully saturated rings. The molecule has 1 aromatic carbocycles. The number of benzene rings is 1. The summed E-state index contributed by atoms with van der Waals surface area (Å²) in [5.41, 5.74) is 2.02. The Morgan fingerprint density at radius 2 is 1.52 bits per heavy atom. The number of hydrogen-bond donors (Lipinski definition) is 1. The van der Waals surface area contributed by atoms with Crippen LogP contribution in [0.3, 0.4) is 0 Å². The highest BCUT2D eigenvalue weighted by Crippen LogP contribution is 2.31. The van der Waals surface area contributed by atoms with Gasteiger partial charge in [0.15, 0.2) is 0 Å². The highest BCUT2D eigenvalue weighted by molar-refractivity contribution is 6.27. The van der Waals surface area contributed by atoms with E-state index in [-0.39, 0.29) is 29.8 Å². The minimum absolute atomic E-state index is 0.0544. The molecule has 3 rings (SSSR count). The minimum Gasteiger partial charge on any atom is -0.351 e. The van der Waals surface area contributed by atoms with Gasteiger partial charge in [-0.1, -0.05) is 74.8 Å². The van der Waals surface area contributed by atoms with E-state index in [0.29, 0.717) is 0 Å². The van der Waals surface area contributed by atoms with E-state index in [0.717, 1.165) is 62.5 Å². The van der Waals surface area contributed by atoms with E-state index in [1.165, 1.54) is 19.3 Å². The van der Waals surface area contributed by atoms with Crippen molar-refractivity contribution in [2.75, 3.05) is 5.88 Å². The SMILES string of the molecule is Cc1ccc(C(C(=O)NC2CCCC2)N(C(=O)CCl)C2CCCCCCC2)cc1. The van der Waals surface area contributed by atoms with E-state index < -0.39 is 6.04 Å². The van der Waals surface area contributed by atoms with Crippen LogP contribution in [0.4, 0.5) is 0 Å². The number of aryl methyl sites for hydroxylation is 1. The van der Waals surface area contributed by atoms with Crippen LogP contribution in [0.15, 0.2) is 24.3 Å². The number of carbonyl (C=O) groups excluding carboxylic acids is 2. The molecule has 0 saturated heterocycles. The molecule has 5 heteroatoms. The lowest BCUT2D eigenvalue weighted by molar-refractivity contribution is -0.142. The highest BCUT2D eigenvalue weighted by Gasteiger charge is 2.36. The fraction of sp³-hybridized carbons (Fsp3) is 0.667. The summed E-state index contributed by atoms with van der Waals surface area (Å²) in [6.45, 7) is 2.04. The maximum Gasteiger partial charge on any atom is 0.247 e. The molecule has 1 aromatic rings. The van der Waals surface area contributed by atoms with Gasteiger partial charge in [0.2, 0.25) is 11.8 Å². The molecule has 2 aliphatic rings. The van der Waals surface area contributed by atoms with E-state index in [4.69, 9.17) is 11.6 Å². The standard InChI is InChI=1S/C24H35ClN2O2/c1-18-13-15-19(16-14-18)23(24(29)26-20-9-7-8-10-20)27(22(28)17-25)21-11-5-3-2-4-6-12-21/h13-16,20-21,23H,2-12,17H2,1H3,(H,26,29). The van der Waals surface area contributed by atoms with Gasteiger partial charge in [0.05, 0.1) is 0 Å². The largest absolute Gasteiger partial charge is 0.351 e. The minimum atomic E-state index is -0.605. The Balaban J connectivity index is 1.92. The molecule has 160 valence electrons. The smallest absolute Gasteiger partial charge is 0.247 e. The van der Waals surface area contributed by atoms with Gasteiger partial charge in [-0.2, -0.15) is 0 Å². The van der Waals surface area contributed by atoms with Crippen LogP contribution in [0, 0.1) is 6.92 Å². The lowest BCUT2D eigenvalue weighted by Crippen LogP contribution is -2.50. The molecule has 0 heterocycles. The molecular formula is C24H35ClN2O2. The van der Waals surface area contributed by atoms with Crippen molar-refractivity contribution in [2.45, 2.75) is 95.7 Å². The first-order valence-electron chi connectivity index (χ1n) is 11.3. The van der Waals surface area contributed by atoms with E-state index in [9.17, 15) is 9.59 Å². The summed E-state index contributed by atoms with van der Waals surface area (Å²) >= 11 is 6.05. The number of alkyl halides is 1. The summed E-state index contributed by atoms with van der Waals surface area (Å²) < 4.78 is 0. The van der Waals surface area contributed by atoms with Crippen molar-refractivity contribution in [1.29, 1.82) is 0 Å². The van der Waals surface area contributed by atoms with Crippen molar-refractivity contribution >= 4 is 23.4 Å². The van der Waals surface area contributed by atoms with Crippen LogP contribution in [-0.4, -0.2) is 34.7 Å². The Hall–Kier alpha value is -1.55. The zero-order valence-corrected chi connectivity index (χ0v) is 18.4. The van der Waals surface area contributed by atoms with Gasteiger partial charge in [-0.15, -0.1) is 11.6 Å². The van der Waals surface area contributed by atoms with Crippen molar-refractivity contribution in [3.05, 3.63) is 35.4 Å². The number of nitrogens with one attached hydrogen (secondary N) is 1. The van der Waals surface area contributed by atoms with Crippen LogP contribution in [0.2, 0.25) is 0 Å². The lowest BCUT2D eigenvalue weighted by Gasteiger charge is -2.39. The van der Waals surface area contributed by atoms with Gasteiger partial charge in [0.25, 0.3) is 0 Å². The van der Waals surface area contributed by atoms with Gasteiger partial charge < -0.3 is 10.2 Å². The summed E-state index contributed by atoms with van der Waals surface area (Å²) in [6.07, 6.45) is 12.1. The number of rotatable bonds is 6. The third-order valence-corrected chi connectivity index (χ3v) is 6.72. The molecular weight excluding hydrogens is 384 g/mol. The highest BCUT2D eigenvalue weighted by atomic mass is 35.5. The first-order chi connectivity index (χ1) is 14.1. The van der Waals surface area contributed by atoms with Crippen LogP contribution in [-0.2, 0) is 9.59 Å². The summed E-state index contributed by atoms with van der Waals surface area (Å²) in [5.74, 6) is -0.277. The monoisotopic (exact) mass is 418 g/mol. The Morgan fingerprint density at radius 1 is 0.966 bits per heavy atom. The molecule has 0 aromatic heterocycles. The molecule has 1 unspecified atom stereocenters. The Bertz CT molecular complexity index is 662. The maximum absolute atomic E-state index is 13.5. The Labute approximate surface area is 180 Å². The third-order valence-electron chi connectivity index (χ3n) is 6.49. The molecule has 1 atom stereocenters. The summed E-state index contributed by atoms with van der Waals surface area (Å²) in [6, 6.07) is 7.71. The van der Waals surface area contributed by atoms with Gasteiger partial charge in [-0.3, -0.25) is 9.59 Å². The molecule has 0 radical (unpaired) electrons. The van der Waals surface area contributed by atoms with Crippen LogP contribution in [0.25, 0.3) is 0 Å². The van der Waals surface area contributed by atoms with E-state index >= 15 is 0 Å². The quantitative estimate of drug-likeness (QED) is 0.639. The zero-order chi connectivity index (χ0) is 20.6. The van der Waals surface area contributed by atoms with Gasteiger partial charge >= 0.3 is 0 Å². The fourth-order valence-corrected chi connectivity index (χ4v) is 5.02. The molecule has 2 amide bonds. The average Bonchev–Trinajstić information content (AvgIpc) is 3.20. The van der Waals surface area contributed by atoms with Crippen LogP contribution >= 0.6 is 11.6 Å². The predicted molar refractivity (Wildman–Crippen MR) is 118 cm³/mol. The summed E-state index contributed by atoms with van der Waals surface area (Å²) in [4.78, 5) is 28.4. The second-order valence-corrected chi connectivity index (χ2v) is 9.00. The van der Waals surface area contributed by atoms with E-state index in [1.54, 1.807) is 0 Å². The third kappa shape index (κ3) is 5.97. The molecule has 4 nitrogen and oxygen atoms in total. The number of nitrogens with zero attached hydrogens (tertiary/aromatic N) is 1. The number of hydrogen-bond acceptors (Lipinski definition) is 2. The average molecular weight is 419 g/mol. The van der Waals surface area contributed by atoms with Crippen LogP contribution in [0.5, 0.6) is 0 Å². The van der Waals surface area contributed by atoms with Crippen LogP contribution < -0.4 is 5.32 Å². The molecule has 0 aliphatic heterocycles. The second-order valence-electron chi connectivity index (χ2n) is 8.74. The second kappa shape index (κ2) is 11.0. The van der Waals surface area contributed by atoms with Crippen LogP contribution in [0.1, 0.15) is 87.8 Å². The predicted octanol–water partition coefficient (Wildman–Crippen LogP) is 5.28. The summed E-state index contributed by atoms with van der Waals surface area (Å²) in [7, 11) is 0. The van der Waals surface area contributed by atoms with Gasteiger partial charge in [-0.25, -0.2) is 0 Å². The molecule has 2 aliphatic carbocycles. The first kappa shape index (κ1) is 22.1. The topological polar surface area (TPSA) is 49.4 Å². The Kier molecular flexibility index (Phi) is 8.40. The number of carbonyl (C=O) groups is 2. The molecule has 0 spiro atoms. The fourth-order valence-electron chi connectivity index (χ4n) is 4.88. The number of halogens is 1. The normalized spacial score (nSPS) is 19.9. The van der Waals surface area contributed by atoms with E-state index in [2.05, 4.69) is 5.32 Å². The Morgan fingerprint density at radius 3 is 2.10 bits per heavy atom. The molecule has 0 bridgehead atoms. The van der Waals surface area contributed by atoms with E-state index in [1.807, 2.05) is 36.1 Å². The van der Waals surface area contributed by atoms with Crippen molar-refractivity contribution in [2.24, 2.45) is 0 Å². The van der Waals surface area contributed by atoms with Gasteiger partial charge in [-0.05, 0) is 38.2 Å². The lowest BCUT2D eigenvalue weighted by atomic mass is 9.92. The zero-order valence-electron chi connectivity index (χ0n) is 17.7.